The molecule has 0 bridgehead atoms. The molecule has 0 spiro atoms. The molecule has 1 aromatic rings. The van der Waals surface area contributed by atoms with Crippen molar-refractivity contribution >= 4 is 0 Å². The summed E-state index contributed by atoms with van der Waals surface area (Å²) < 4.78 is 40.8. The molecule has 0 saturated heterocycles. The van der Waals surface area contributed by atoms with E-state index in [1.807, 2.05) is 0 Å². The molecule has 0 unspecified atom stereocenters. The molecule has 5 heteroatoms. The Labute approximate surface area is 86.6 Å². The van der Waals surface area contributed by atoms with Crippen molar-refractivity contribution < 1.29 is 23.0 Å². The van der Waals surface area contributed by atoms with E-state index in [9.17, 15) is 8.78 Å². The molecule has 1 aromatic carbocycles. The molecule has 0 atom stereocenters. The largest absolute Gasteiger partial charge is 0.327 e. The molecule has 0 heterocycles. The van der Waals surface area contributed by atoms with Crippen LogP contribution in [0.5, 0.6) is 0 Å². The van der Waals surface area contributed by atoms with Crippen molar-refractivity contribution in [3.05, 3.63) is 35.4 Å². The van der Waals surface area contributed by atoms with Gasteiger partial charge in [-0.05, 0) is 12.1 Å². The van der Waals surface area contributed by atoms with Crippen LogP contribution in [0.4, 0.5) is 8.78 Å². The third-order valence-corrected chi connectivity index (χ3v) is 2.02. The minimum absolute atomic E-state index is 0.118. The molecule has 0 amide bonds. The number of halogens is 2. The van der Waals surface area contributed by atoms with Gasteiger partial charge in [0.15, 0.2) is 0 Å². The third-order valence-electron chi connectivity index (χ3n) is 2.02. The van der Waals surface area contributed by atoms with Crippen molar-refractivity contribution in [2.24, 2.45) is 0 Å². The Morgan fingerprint density at radius 1 is 0.867 bits per heavy atom. The maximum Gasteiger partial charge on any atom is 0.311 e. The molecular weight excluding hydrogens is 206 g/mol. The molecule has 0 N–H and O–H groups in total. The molecule has 0 radical (unpaired) electrons. The first-order chi connectivity index (χ1) is 7.07. The van der Waals surface area contributed by atoms with E-state index >= 15 is 0 Å². The Balaban J connectivity index is 3.22. The van der Waals surface area contributed by atoms with Gasteiger partial charge in [0.1, 0.15) is 11.6 Å². The first kappa shape index (κ1) is 12.0. The topological polar surface area (TPSA) is 27.7 Å². The smallest absolute Gasteiger partial charge is 0.311 e. The summed E-state index contributed by atoms with van der Waals surface area (Å²) in [6, 6.07) is 2.92. The van der Waals surface area contributed by atoms with Crippen molar-refractivity contribution in [1.29, 1.82) is 0 Å². The van der Waals surface area contributed by atoms with Gasteiger partial charge in [-0.1, -0.05) is 0 Å². The zero-order valence-corrected chi connectivity index (χ0v) is 8.71. The fraction of sp³-hybridized carbons (Fsp3) is 0.400. The van der Waals surface area contributed by atoms with Gasteiger partial charge in [-0.3, -0.25) is 0 Å². The predicted octanol–water partition coefficient (Wildman–Crippen LogP) is 2.01. The van der Waals surface area contributed by atoms with Gasteiger partial charge in [-0.15, -0.1) is 0 Å². The van der Waals surface area contributed by atoms with E-state index in [-0.39, 0.29) is 5.56 Å². The molecule has 84 valence electrons. The minimum Gasteiger partial charge on any atom is -0.327 e. The van der Waals surface area contributed by atoms with E-state index in [1.165, 1.54) is 21.3 Å². The van der Waals surface area contributed by atoms with Crippen molar-refractivity contribution in [2.75, 3.05) is 21.3 Å². The average molecular weight is 218 g/mol. The van der Waals surface area contributed by atoms with Gasteiger partial charge >= 0.3 is 5.97 Å². The predicted molar refractivity (Wildman–Crippen MR) is 49.1 cm³/mol. The number of rotatable bonds is 4. The van der Waals surface area contributed by atoms with Gasteiger partial charge in [0, 0.05) is 33.0 Å². The van der Waals surface area contributed by atoms with Crippen molar-refractivity contribution in [3.63, 3.8) is 0 Å². The van der Waals surface area contributed by atoms with Crippen LogP contribution in [0, 0.1) is 11.6 Å². The van der Waals surface area contributed by atoms with Gasteiger partial charge in [0.2, 0.25) is 0 Å². The summed E-state index contributed by atoms with van der Waals surface area (Å²) >= 11 is 0. The van der Waals surface area contributed by atoms with Gasteiger partial charge in [0.05, 0.1) is 0 Å². The first-order valence-corrected chi connectivity index (χ1v) is 4.20. The summed E-state index contributed by atoms with van der Waals surface area (Å²) in [6.45, 7) is 0. The molecule has 0 fully saturated rings. The minimum atomic E-state index is -1.58. The Kier molecular flexibility index (Phi) is 3.73. The lowest BCUT2D eigenvalue weighted by atomic mass is 10.1. The molecule has 0 aliphatic rings. The fourth-order valence-corrected chi connectivity index (χ4v) is 1.33. The molecule has 1 rings (SSSR count). The Bertz CT molecular complexity index is 309. The fourth-order valence-electron chi connectivity index (χ4n) is 1.33. The molecule has 3 nitrogen and oxygen atoms in total. The van der Waals surface area contributed by atoms with Crippen LogP contribution in [0.2, 0.25) is 0 Å². The van der Waals surface area contributed by atoms with Crippen molar-refractivity contribution in [2.45, 2.75) is 5.97 Å². The maximum atomic E-state index is 13.0. The molecule has 0 aliphatic carbocycles. The molecular formula is C10H12F2O3. The van der Waals surface area contributed by atoms with E-state index in [2.05, 4.69) is 0 Å². The third kappa shape index (κ3) is 2.31. The van der Waals surface area contributed by atoms with Crippen LogP contribution < -0.4 is 0 Å². The van der Waals surface area contributed by atoms with Crippen molar-refractivity contribution in [1.82, 2.24) is 0 Å². The monoisotopic (exact) mass is 218 g/mol. The highest BCUT2D eigenvalue weighted by Gasteiger charge is 2.33. The Hall–Kier alpha value is -1.04. The lowest BCUT2D eigenvalue weighted by molar-refractivity contribution is -0.364. The molecule has 15 heavy (non-hydrogen) atoms. The van der Waals surface area contributed by atoms with Gasteiger partial charge in [-0.25, -0.2) is 8.78 Å². The summed E-state index contributed by atoms with van der Waals surface area (Å²) in [7, 11) is 3.95. The van der Waals surface area contributed by atoms with Crippen LogP contribution in [-0.4, -0.2) is 21.3 Å². The summed E-state index contributed by atoms with van der Waals surface area (Å²) in [5.41, 5.74) is 0.118. The van der Waals surface area contributed by atoms with Crippen LogP contribution >= 0.6 is 0 Å². The first-order valence-electron chi connectivity index (χ1n) is 4.20. The van der Waals surface area contributed by atoms with Crippen LogP contribution in [0.25, 0.3) is 0 Å². The van der Waals surface area contributed by atoms with E-state index in [0.29, 0.717) is 0 Å². The Morgan fingerprint density at radius 3 is 1.60 bits per heavy atom. The van der Waals surface area contributed by atoms with Gasteiger partial charge in [0.25, 0.3) is 0 Å². The highest BCUT2D eigenvalue weighted by Crippen LogP contribution is 2.27. The van der Waals surface area contributed by atoms with E-state index in [0.717, 1.165) is 18.2 Å². The Morgan fingerprint density at radius 2 is 1.27 bits per heavy atom. The molecule has 0 aromatic heterocycles. The van der Waals surface area contributed by atoms with Gasteiger partial charge < -0.3 is 14.2 Å². The van der Waals surface area contributed by atoms with Crippen LogP contribution in [0.3, 0.4) is 0 Å². The summed E-state index contributed by atoms with van der Waals surface area (Å²) in [4.78, 5) is 0. The second-order valence-electron chi connectivity index (χ2n) is 2.83. The number of hydrogen-bond donors (Lipinski definition) is 0. The van der Waals surface area contributed by atoms with Crippen LogP contribution in [-0.2, 0) is 20.2 Å². The van der Waals surface area contributed by atoms with Gasteiger partial charge in [-0.2, -0.15) is 0 Å². The summed E-state index contributed by atoms with van der Waals surface area (Å²) in [5, 5.41) is 0. The highest BCUT2D eigenvalue weighted by molar-refractivity contribution is 5.21. The zero-order valence-electron chi connectivity index (χ0n) is 8.71. The summed E-state index contributed by atoms with van der Waals surface area (Å²) in [6.07, 6.45) is 0. The number of methoxy groups -OCH3 is 3. The van der Waals surface area contributed by atoms with E-state index < -0.39 is 17.6 Å². The molecule has 0 aliphatic heterocycles. The lowest BCUT2D eigenvalue weighted by Crippen LogP contribution is -2.33. The lowest BCUT2D eigenvalue weighted by Gasteiger charge is -2.28. The number of ether oxygens (including phenoxy) is 3. The number of hydrogen-bond acceptors (Lipinski definition) is 3. The van der Waals surface area contributed by atoms with E-state index in [4.69, 9.17) is 14.2 Å². The SMILES string of the molecule is COC(OC)(OC)c1cc(F)cc(F)c1. The van der Waals surface area contributed by atoms with Crippen LogP contribution in [0.1, 0.15) is 5.56 Å². The quantitative estimate of drug-likeness (QED) is 0.723. The van der Waals surface area contributed by atoms with E-state index in [1.54, 1.807) is 0 Å². The maximum absolute atomic E-state index is 13.0. The van der Waals surface area contributed by atoms with Crippen molar-refractivity contribution in [3.8, 4) is 0 Å². The molecule has 0 saturated carbocycles. The second kappa shape index (κ2) is 4.65. The zero-order chi connectivity index (χ0) is 11.5. The second-order valence-corrected chi connectivity index (χ2v) is 2.83. The summed E-state index contributed by atoms with van der Waals surface area (Å²) in [5.74, 6) is -3.02. The number of benzene rings is 1. The highest BCUT2D eigenvalue weighted by atomic mass is 19.1. The van der Waals surface area contributed by atoms with Crippen LogP contribution in [0.15, 0.2) is 18.2 Å². The normalized spacial score (nSPS) is 11.8. The standard InChI is InChI=1S/C10H12F2O3/c1-13-10(14-2,15-3)7-4-8(11)6-9(12)5-7/h4-6H,1-3H3. The average Bonchev–Trinajstić information content (AvgIpc) is 2.20.